The molecule has 2 rings (SSSR count). The molecule has 0 bridgehead atoms. The smallest absolute Gasteiger partial charge is 0.145 e. The highest BCUT2D eigenvalue weighted by atomic mass is 16.3. The summed E-state index contributed by atoms with van der Waals surface area (Å²) in [7, 11) is 0. The van der Waals surface area contributed by atoms with Crippen LogP contribution in [0.25, 0.3) is 0 Å². The van der Waals surface area contributed by atoms with Gasteiger partial charge in [-0.1, -0.05) is 6.92 Å². The topological polar surface area (TPSA) is 87.3 Å². The maximum atomic E-state index is 9.01. The molecule has 106 valence electrons. The van der Waals surface area contributed by atoms with E-state index in [-0.39, 0.29) is 6.61 Å². The van der Waals surface area contributed by atoms with Gasteiger partial charge in [0, 0.05) is 32.2 Å². The molecule has 6 nitrogen and oxygen atoms in total. The maximum Gasteiger partial charge on any atom is 0.145 e. The summed E-state index contributed by atoms with van der Waals surface area (Å²) in [6.07, 6.45) is 3.85. The molecule has 1 aliphatic heterocycles. The van der Waals surface area contributed by atoms with Crippen LogP contribution in [0.1, 0.15) is 32.0 Å². The molecule has 1 unspecified atom stereocenters. The van der Waals surface area contributed by atoms with E-state index in [1.165, 1.54) is 0 Å². The highest BCUT2D eigenvalue weighted by molar-refractivity contribution is 5.49. The number of nitrogens with one attached hydrogen (secondary N) is 1. The second kappa shape index (κ2) is 6.68. The highest BCUT2D eigenvalue weighted by Gasteiger charge is 2.23. The molecule has 1 aromatic rings. The molecule has 1 aliphatic rings. The molecule has 0 aliphatic carbocycles. The minimum Gasteiger partial charge on any atom is -0.396 e. The molecule has 19 heavy (non-hydrogen) atoms. The molecular weight excluding hydrogens is 242 g/mol. The first kappa shape index (κ1) is 14.0. The number of nitrogen functional groups attached to an aromatic ring is 1. The van der Waals surface area contributed by atoms with Crippen molar-refractivity contribution in [2.45, 2.75) is 32.6 Å². The van der Waals surface area contributed by atoms with Crippen LogP contribution in [0.4, 0.5) is 11.6 Å². The Hall–Kier alpha value is -1.40. The van der Waals surface area contributed by atoms with Crippen molar-refractivity contribution in [1.82, 2.24) is 9.97 Å². The minimum atomic E-state index is 0.263. The summed E-state index contributed by atoms with van der Waals surface area (Å²) in [5, 5.41) is 9.01. The van der Waals surface area contributed by atoms with Gasteiger partial charge in [0.05, 0.1) is 0 Å². The lowest BCUT2D eigenvalue weighted by Gasteiger charge is -2.19. The molecule has 1 fully saturated rings. The number of hydrazine groups is 1. The average molecular weight is 265 g/mol. The minimum absolute atomic E-state index is 0.263. The van der Waals surface area contributed by atoms with E-state index in [0.717, 1.165) is 50.4 Å². The van der Waals surface area contributed by atoms with E-state index in [1.54, 1.807) is 0 Å². The van der Waals surface area contributed by atoms with Crippen LogP contribution in [-0.2, 0) is 6.42 Å². The summed E-state index contributed by atoms with van der Waals surface area (Å²) >= 11 is 0. The van der Waals surface area contributed by atoms with Gasteiger partial charge in [0.15, 0.2) is 0 Å². The fraction of sp³-hybridized carbons (Fsp3) is 0.692. The lowest BCUT2D eigenvalue weighted by atomic mass is 10.1. The molecule has 1 saturated heterocycles. The Balaban J connectivity index is 2.12. The van der Waals surface area contributed by atoms with Crippen LogP contribution in [0.15, 0.2) is 6.07 Å². The van der Waals surface area contributed by atoms with Crippen LogP contribution >= 0.6 is 0 Å². The summed E-state index contributed by atoms with van der Waals surface area (Å²) in [5.74, 6) is 8.46. The fourth-order valence-corrected chi connectivity index (χ4v) is 2.51. The predicted molar refractivity (Wildman–Crippen MR) is 75.9 cm³/mol. The number of rotatable bonds is 6. The Morgan fingerprint density at radius 3 is 3.05 bits per heavy atom. The zero-order valence-corrected chi connectivity index (χ0v) is 11.5. The molecule has 0 radical (unpaired) electrons. The average Bonchev–Trinajstić information content (AvgIpc) is 2.88. The van der Waals surface area contributed by atoms with Gasteiger partial charge in [-0.05, 0) is 25.2 Å². The number of aliphatic hydroxyl groups excluding tert-OH is 1. The molecule has 0 amide bonds. The Morgan fingerprint density at radius 1 is 1.53 bits per heavy atom. The second-order valence-electron chi connectivity index (χ2n) is 5.03. The standard InChI is InChI=1S/C13H23N5O/c1-2-3-11-15-12(17-14)8-13(16-11)18-6-4-10(9-18)5-7-19/h8,10,19H,2-7,9,14H2,1H3,(H,15,16,17). The number of nitrogens with zero attached hydrogens (tertiary/aromatic N) is 3. The van der Waals surface area contributed by atoms with E-state index in [4.69, 9.17) is 10.9 Å². The van der Waals surface area contributed by atoms with Crippen LogP contribution in [-0.4, -0.2) is 34.8 Å². The highest BCUT2D eigenvalue weighted by Crippen LogP contribution is 2.25. The van der Waals surface area contributed by atoms with E-state index in [1.807, 2.05) is 6.07 Å². The quantitative estimate of drug-likeness (QED) is 0.524. The van der Waals surface area contributed by atoms with Crippen LogP contribution in [0.5, 0.6) is 0 Å². The summed E-state index contributed by atoms with van der Waals surface area (Å²) in [4.78, 5) is 11.2. The largest absolute Gasteiger partial charge is 0.396 e. The third-order valence-corrected chi connectivity index (χ3v) is 3.53. The molecule has 4 N–H and O–H groups in total. The van der Waals surface area contributed by atoms with Crippen molar-refractivity contribution >= 4 is 11.6 Å². The fourth-order valence-electron chi connectivity index (χ4n) is 2.51. The van der Waals surface area contributed by atoms with E-state index in [9.17, 15) is 0 Å². The maximum absolute atomic E-state index is 9.01. The summed E-state index contributed by atoms with van der Waals surface area (Å²) in [6.45, 7) is 4.31. The van der Waals surface area contributed by atoms with E-state index >= 15 is 0 Å². The van der Waals surface area contributed by atoms with E-state index in [2.05, 4.69) is 27.2 Å². The molecule has 2 heterocycles. The SMILES string of the molecule is CCCc1nc(NN)cc(N2CCC(CCO)C2)n1. The number of anilines is 2. The van der Waals surface area contributed by atoms with Gasteiger partial charge < -0.3 is 15.4 Å². The number of aryl methyl sites for hydroxylation is 1. The van der Waals surface area contributed by atoms with E-state index < -0.39 is 0 Å². The Labute approximate surface area is 114 Å². The van der Waals surface area contributed by atoms with Crippen molar-refractivity contribution in [3.63, 3.8) is 0 Å². The number of aromatic nitrogens is 2. The summed E-state index contributed by atoms with van der Waals surface area (Å²) < 4.78 is 0. The van der Waals surface area contributed by atoms with Crippen molar-refractivity contribution in [2.24, 2.45) is 11.8 Å². The monoisotopic (exact) mass is 265 g/mol. The van der Waals surface area contributed by atoms with Crippen LogP contribution in [0, 0.1) is 5.92 Å². The lowest BCUT2D eigenvalue weighted by molar-refractivity contribution is 0.263. The van der Waals surface area contributed by atoms with Crippen LogP contribution in [0.2, 0.25) is 0 Å². The molecule has 1 aromatic heterocycles. The third kappa shape index (κ3) is 3.54. The Kier molecular flexibility index (Phi) is 4.93. The molecular formula is C13H23N5O. The molecule has 1 atom stereocenters. The summed E-state index contributed by atoms with van der Waals surface area (Å²) in [6, 6.07) is 1.89. The van der Waals surface area contributed by atoms with Crippen molar-refractivity contribution in [2.75, 3.05) is 30.0 Å². The van der Waals surface area contributed by atoms with Crippen LogP contribution in [0.3, 0.4) is 0 Å². The van der Waals surface area contributed by atoms with Crippen molar-refractivity contribution in [1.29, 1.82) is 0 Å². The van der Waals surface area contributed by atoms with E-state index in [0.29, 0.717) is 11.7 Å². The second-order valence-corrected chi connectivity index (χ2v) is 5.03. The number of hydrogen-bond donors (Lipinski definition) is 3. The molecule has 0 aromatic carbocycles. The lowest BCUT2D eigenvalue weighted by Crippen LogP contribution is -2.22. The number of aliphatic hydroxyl groups is 1. The Morgan fingerprint density at radius 2 is 2.37 bits per heavy atom. The van der Waals surface area contributed by atoms with Gasteiger partial charge in [-0.25, -0.2) is 15.8 Å². The predicted octanol–water partition coefficient (Wildman–Crippen LogP) is 0.923. The van der Waals surface area contributed by atoms with Gasteiger partial charge in [-0.3, -0.25) is 0 Å². The normalized spacial score (nSPS) is 18.9. The van der Waals surface area contributed by atoms with Gasteiger partial charge in [-0.15, -0.1) is 0 Å². The van der Waals surface area contributed by atoms with Gasteiger partial charge >= 0.3 is 0 Å². The first-order valence-electron chi connectivity index (χ1n) is 6.97. The van der Waals surface area contributed by atoms with Crippen LogP contribution < -0.4 is 16.2 Å². The zero-order valence-electron chi connectivity index (χ0n) is 11.5. The first-order chi connectivity index (χ1) is 9.26. The number of nitrogens with two attached hydrogens (primary N) is 1. The number of hydrogen-bond acceptors (Lipinski definition) is 6. The third-order valence-electron chi connectivity index (χ3n) is 3.53. The molecule has 6 heteroatoms. The van der Waals surface area contributed by atoms with Gasteiger partial charge in [0.2, 0.25) is 0 Å². The summed E-state index contributed by atoms with van der Waals surface area (Å²) in [5.41, 5.74) is 2.61. The molecule has 0 saturated carbocycles. The van der Waals surface area contributed by atoms with Crippen molar-refractivity contribution in [3.8, 4) is 0 Å². The van der Waals surface area contributed by atoms with Gasteiger partial charge in [0.1, 0.15) is 17.5 Å². The van der Waals surface area contributed by atoms with Crippen molar-refractivity contribution in [3.05, 3.63) is 11.9 Å². The van der Waals surface area contributed by atoms with Gasteiger partial charge in [0.25, 0.3) is 0 Å². The van der Waals surface area contributed by atoms with Crippen molar-refractivity contribution < 1.29 is 5.11 Å². The van der Waals surface area contributed by atoms with Gasteiger partial charge in [-0.2, -0.15) is 0 Å². The molecule has 0 spiro atoms. The first-order valence-corrected chi connectivity index (χ1v) is 6.97. The Bertz CT molecular complexity index is 412. The zero-order chi connectivity index (χ0) is 13.7.